The lowest BCUT2D eigenvalue weighted by molar-refractivity contribution is 0.259. The van der Waals surface area contributed by atoms with Gasteiger partial charge in [-0.25, -0.2) is 4.99 Å². The summed E-state index contributed by atoms with van der Waals surface area (Å²) in [6.07, 6.45) is 0. The average Bonchev–Trinajstić information content (AvgIpc) is 2.94. The van der Waals surface area contributed by atoms with Crippen LogP contribution in [0.25, 0.3) is 0 Å². The zero-order chi connectivity index (χ0) is 13.7. The molecule has 1 aromatic rings. The van der Waals surface area contributed by atoms with Crippen LogP contribution >= 0.6 is 0 Å². The maximum Gasteiger partial charge on any atom is 0.206 e. The van der Waals surface area contributed by atoms with Gasteiger partial charge in [-0.3, -0.25) is 4.90 Å². The molecule has 0 saturated carbocycles. The second-order valence-electron chi connectivity index (χ2n) is 6.51. The first-order valence-corrected chi connectivity index (χ1v) is 6.97. The molecule has 1 fully saturated rings. The van der Waals surface area contributed by atoms with E-state index in [-0.39, 0.29) is 11.1 Å². The standard InChI is InChI=1S/C16H22N2O/c1-12(13-8-6-5-7-9-13)18-10-16(18,4)14-17-15(2,3)11-19-14/h5-9,12H,10-11H2,1-4H3/t12-,16+,18?/m1/s1. The predicted octanol–water partition coefficient (Wildman–Crippen LogP) is 3.03. The van der Waals surface area contributed by atoms with E-state index in [0.29, 0.717) is 12.6 Å². The van der Waals surface area contributed by atoms with Crippen LogP contribution in [-0.2, 0) is 4.74 Å². The largest absolute Gasteiger partial charge is 0.477 e. The van der Waals surface area contributed by atoms with Gasteiger partial charge in [-0.15, -0.1) is 0 Å². The van der Waals surface area contributed by atoms with Crippen molar-refractivity contribution >= 4 is 5.90 Å². The number of nitrogens with zero attached hydrogens (tertiary/aromatic N) is 2. The molecule has 0 radical (unpaired) electrons. The zero-order valence-electron chi connectivity index (χ0n) is 12.2. The molecule has 0 aromatic heterocycles. The molecule has 2 aliphatic rings. The van der Waals surface area contributed by atoms with Gasteiger partial charge in [0.25, 0.3) is 0 Å². The van der Waals surface area contributed by atoms with E-state index in [1.165, 1.54) is 5.56 Å². The Morgan fingerprint density at radius 3 is 2.47 bits per heavy atom. The van der Waals surface area contributed by atoms with E-state index in [2.05, 4.69) is 62.9 Å². The van der Waals surface area contributed by atoms with Gasteiger partial charge in [-0.1, -0.05) is 30.3 Å². The Labute approximate surface area is 115 Å². The topological polar surface area (TPSA) is 24.6 Å². The van der Waals surface area contributed by atoms with Crippen LogP contribution in [0.2, 0.25) is 0 Å². The van der Waals surface area contributed by atoms with Gasteiger partial charge in [-0.05, 0) is 33.3 Å². The van der Waals surface area contributed by atoms with Gasteiger partial charge in [0.2, 0.25) is 5.90 Å². The van der Waals surface area contributed by atoms with Crippen molar-refractivity contribution in [3.63, 3.8) is 0 Å². The lowest BCUT2D eigenvalue weighted by atomic mass is 10.1. The van der Waals surface area contributed by atoms with Crippen LogP contribution < -0.4 is 0 Å². The molecule has 3 heteroatoms. The van der Waals surface area contributed by atoms with E-state index < -0.39 is 0 Å². The lowest BCUT2D eigenvalue weighted by Gasteiger charge is -2.18. The Morgan fingerprint density at radius 1 is 1.21 bits per heavy atom. The van der Waals surface area contributed by atoms with E-state index in [1.54, 1.807) is 0 Å². The minimum Gasteiger partial charge on any atom is -0.477 e. The van der Waals surface area contributed by atoms with Crippen LogP contribution in [0.15, 0.2) is 35.3 Å². The predicted molar refractivity (Wildman–Crippen MR) is 77.4 cm³/mol. The van der Waals surface area contributed by atoms with Gasteiger partial charge >= 0.3 is 0 Å². The lowest BCUT2D eigenvalue weighted by Crippen LogP contribution is -2.27. The number of hydrogen-bond acceptors (Lipinski definition) is 3. The van der Waals surface area contributed by atoms with E-state index in [0.717, 1.165) is 12.4 Å². The Kier molecular flexibility index (Phi) is 2.72. The van der Waals surface area contributed by atoms with E-state index in [9.17, 15) is 0 Å². The summed E-state index contributed by atoms with van der Waals surface area (Å²) < 4.78 is 5.82. The quantitative estimate of drug-likeness (QED) is 0.778. The molecule has 0 bridgehead atoms. The third-order valence-corrected chi connectivity index (χ3v) is 4.19. The molecule has 0 N–H and O–H groups in total. The van der Waals surface area contributed by atoms with Crippen molar-refractivity contribution in [3.8, 4) is 0 Å². The van der Waals surface area contributed by atoms with E-state index >= 15 is 0 Å². The molecule has 3 rings (SSSR count). The van der Waals surface area contributed by atoms with Crippen molar-refractivity contribution < 1.29 is 4.74 Å². The summed E-state index contributed by atoms with van der Waals surface area (Å²) in [7, 11) is 0. The Hall–Kier alpha value is -1.35. The van der Waals surface area contributed by atoms with Crippen molar-refractivity contribution in [1.82, 2.24) is 4.90 Å². The molecule has 0 spiro atoms. The summed E-state index contributed by atoms with van der Waals surface area (Å²) in [5.74, 6) is 0.917. The number of benzene rings is 1. The summed E-state index contributed by atoms with van der Waals surface area (Å²) >= 11 is 0. The van der Waals surface area contributed by atoms with Crippen LogP contribution in [0.3, 0.4) is 0 Å². The van der Waals surface area contributed by atoms with Gasteiger partial charge in [0.1, 0.15) is 12.1 Å². The molecular formula is C16H22N2O. The highest BCUT2D eigenvalue weighted by molar-refractivity contribution is 5.91. The smallest absolute Gasteiger partial charge is 0.206 e. The molecule has 1 saturated heterocycles. The molecule has 0 amide bonds. The van der Waals surface area contributed by atoms with Crippen LogP contribution in [0.5, 0.6) is 0 Å². The van der Waals surface area contributed by atoms with Crippen molar-refractivity contribution in [3.05, 3.63) is 35.9 Å². The van der Waals surface area contributed by atoms with Crippen molar-refractivity contribution in [2.75, 3.05) is 13.2 Å². The Balaban J connectivity index is 1.77. The molecule has 3 atom stereocenters. The van der Waals surface area contributed by atoms with Gasteiger partial charge < -0.3 is 4.74 Å². The SMILES string of the molecule is C[C@H](c1ccccc1)N1C[C@@]1(C)C1=NC(C)(C)CO1. The van der Waals surface area contributed by atoms with Crippen LogP contribution in [0.1, 0.15) is 39.3 Å². The third kappa shape index (κ3) is 2.16. The van der Waals surface area contributed by atoms with E-state index in [1.807, 2.05) is 0 Å². The molecule has 1 unspecified atom stereocenters. The Bertz CT molecular complexity index is 509. The number of hydrogen-bond donors (Lipinski definition) is 0. The van der Waals surface area contributed by atoms with E-state index in [4.69, 9.17) is 9.73 Å². The fourth-order valence-corrected chi connectivity index (χ4v) is 2.82. The fourth-order valence-electron chi connectivity index (χ4n) is 2.82. The fraction of sp³-hybridized carbons (Fsp3) is 0.562. The van der Waals surface area contributed by atoms with Gasteiger partial charge in [-0.2, -0.15) is 0 Å². The molecule has 2 heterocycles. The highest BCUT2D eigenvalue weighted by atomic mass is 16.5. The van der Waals surface area contributed by atoms with Crippen LogP contribution in [0.4, 0.5) is 0 Å². The average molecular weight is 258 g/mol. The maximum atomic E-state index is 5.82. The highest BCUT2D eigenvalue weighted by Crippen LogP contribution is 2.43. The van der Waals surface area contributed by atoms with Crippen LogP contribution in [0, 0.1) is 0 Å². The molecule has 3 nitrogen and oxygen atoms in total. The first-order valence-electron chi connectivity index (χ1n) is 6.97. The molecule has 102 valence electrons. The molecule has 0 aliphatic carbocycles. The monoisotopic (exact) mass is 258 g/mol. The minimum absolute atomic E-state index is 0.0109. The number of ether oxygens (including phenoxy) is 1. The second kappa shape index (κ2) is 4.07. The summed E-state index contributed by atoms with van der Waals surface area (Å²) in [6, 6.07) is 11.0. The van der Waals surface area contributed by atoms with Crippen molar-refractivity contribution in [2.24, 2.45) is 4.99 Å². The second-order valence-corrected chi connectivity index (χ2v) is 6.51. The third-order valence-electron chi connectivity index (χ3n) is 4.19. The minimum atomic E-state index is -0.0669. The van der Waals surface area contributed by atoms with Crippen molar-refractivity contribution in [1.29, 1.82) is 0 Å². The van der Waals surface area contributed by atoms with Crippen molar-refractivity contribution in [2.45, 2.75) is 44.8 Å². The summed E-state index contributed by atoms with van der Waals surface area (Å²) in [6.45, 7) is 10.4. The molecular weight excluding hydrogens is 236 g/mol. The van der Waals surface area contributed by atoms with Gasteiger partial charge in [0, 0.05) is 12.6 Å². The zero-order valence-corrected chi connectivity index (χ0v) is 12.2. The first-order chi connectivity index (χ1) is 8.92. The number of aliphatic imine (C=N–C) groups is 1. The molecule has 2 aliphatic heterocycles. The maximum absolute atomic E-state index is 5.82. The Morgan fingerprint density at radius 2 is 1.89 bits per heavy atom. The summed E-state index contributed by atoms with van der Waals surface area (Å²) in [4.78, 5) is 7.18. The normalized spacial score (nSPS) is 33.5. The van der Waals surface area contributed by atoms with Gasteiger partial charge in [0.15, 0.2) is 0 Å². The van der Waals surface area contributed by atoms with Gasteiger partial charge in [0.05, 0.1) is 5.54 Å². The first kappa shape index (κ1) is 12.7. The summed E-state index contributed by atoms with van der Waals surface area (Å²) in [5, 5.41) is 0. The summed E-state index contributed by atoms with van der Waals surface area (Å²) in [5.41, 5.74) is 1.27. The highest BCUT2D eigenvalue weighted by Gasteiger charge is 2.57. The van der Waals surface area contributed by atoms with Crippen LogP contribution in [-0.4, -0.2) is 35.0 Å². The number of rotatable bonds is 3. The molecule has 19 heavy (non-hydrogen) atoms. The molecule has 1 aromatic carbocycles.